The molecule has 13 heavy (non-hydrogen) atoms. The van der Waals surface area contributed by atoms with E-state index in [0.717, 1.165) is 13.0 Å². The molecule has 0 atom stereocenters. The zero-order valence-corrected chi connectivity index (χ0v) is 8.97. The molecule has 0 radical (unpaired) electrons. The summed E-state index contributed by atoms with van der Waals surface area (Å²) in [5.41, 5.74) is -0.582. The van der Waals surface area contributed by atoms with Crippen molar-refractivity contribution in [3.8, 4) is 0 Å². The topological polar surface area (TPSA) is 32.3 Å². The summed E-state index contributed by atoms with van der Waals surface area (Å²) in [6, 6.07) is 0. The van der Waals surface area contributed by atoms with Crippen LogP contribution in [0.25, 0.3) is 0 Å². The zero-order valence-electron chi connectivity index (χ0n) is 8.97. The highest BCUT2D eigenvalue weighted by Gasteiger charge is 2.10. The second kappa shape index (κ2) is 7.10. The van der Waals surface area contributed by atoms with Crippen molar-refractivity contribution < 1.29 is 5.11 Å². The van der Waals surface area contributed by atoms with Gasteiger partial charge in [0.05, 0.1) is 5.60 Å². The minimum Gasteiger partial charge on any atom is -0.389 e. The summed E-state index contributed by atoms with van der Waals surface area (Å²) < 4.78 is 0. The second-order valence-electron chi connectivity index (χ2n) is 4.13. The van der Waals surface area contributed by atoms with Crippen LogP contribution in [0.5, 0.6) is 0 Å². The van der Waals surface area contributed by atoms with E-state index in [4.69, 9.17) is 0 Å². The van der Waals surface area contributed by atoms with Gasteiger partial charge in [0.25, 0.3) is 0 Å². The summed E-state index contributed by atoms with van der Waals surface area (Å²) in [4.78, 5) is 0. The van der Waals surface area contributed by atoms with Gasteiger partial charge < -0.3 is 10.4 Å². The highest BCUT2D eigenvalue weighted by atomic mass is 16.3. The van der Waals surface area contributed by atoms with Crippen LogP contribution in [0.3, 0.4) is 0 Å². The van der Waals surface area contributed by atoms with Gasteiger partial charge in [-0.05, 0) is 39.7 Å². The molecule has 2 heteroatoms. The molecule has 0 spiro atoms. The van der Waals surface area contributed by atoms with Gasteiger partial charge in [-0.15, -0.1) is 6.58 Å². The summed E-state index contributed by atoms with van der Waals surface area (Å²) in [6.07, 6.45) is 6.73. The molecule has 0 fully saturated rings. The molecule has 0 aliphatic carbocycles. The van der Waals surface area contributed by atoms with Gasteiger partial charge >= 0.3 is 0 Å². The number of unbranched alkanes of at least 4 members (excludes halogenated alkanes) is 3. The predicted molar refractivity (Wildman–Crippen MR) is 57.8 cm³/mol. The van der Waals surface area contributed by atoms with E-state index in [1.807, 2.05) is 19.9 Å². The molecule has 0 saturated heterocycles. The van der Waals surface area contributed by atoms with Gasteiger partial charge in [-0.3, -0.25) is 0 Å². The van der Waals surface area contributed by atoms with Crippen LogP contribution in [-0.4, -0.2) is 23.8 Å². The molecule has 0 rings (SSSR count). The predicted octanol–water partition coefficient (Wildman–Crippen LogP) is 2.09. The molecule has 2 nitrogen and oxygen atoms in total. The SMILES string of the molecule is C=CCCCCCNCC(C)(C)O. The minimum atomic E-state index is -0.582. The summed E-state index contributed by atoms with van der Waals surface area (Å²) in [6.45, 7) is 8.99. The molecule has 0 saturated carbocycles. The van der Waals surface area contributed by atoms with E-state index in [2.05, 4.69) is 11.9 Å². The average molecular weight is 185 g/mol. The molecule has 0 amide bonds. The summed E-state index contributed by atoms with van der Waals surface area (Å²) in [7, 11) is 0. The fraction of sp³-hybridized carbons (Fsp3) is 0.818. The lowest BCUT2D eigenvalue weighted by molar-refractivity contribution is 0.0799. The molecule has 0 heterocycles. The Morgan fingerprint density at radius 3 is 2.54 bits per heavy atom. The summed E-state index contributed by atoms with van der Waals surface area (Å²) >= 11 is 0. The van der Waals surface area contributed by atoms with Crippen molar-refractivity contribution in [3.63, 3.8) is 0 Å². The van der Waals surface area contributed by atoms with E-state index >= 15 is 0 Å². The quantitative estimate of drug-likeness (QED) is 0.448. The summed E-state index contributed by atoms with van der Waals surface area (Å²) in [5.74, 6) is 0. The number of hydrogen-bond acceptors (Lipinski definition) is 2. The normalized spacial score (nSPS) is 11.6. The second-order valence-corrected chi connectivity index (χ2v) is 4.13. The number of hydrogen-bond donors (Lipinski definition) is 2. The van der Waals surface area contributed by atoms with Gasteiger partial charge in [0.15, 0.2) is 0 Å². The maximum Gasteiger partial charge on any atom is 0.0715 e. The fourth-order valence-corrected chi connectivity index (χ4v) is 1.11. The largest absolute Gasteiger partial charge is 0.389 e. The van der Waals surface area contributed by atoms with Gasteiger partial charge in [-0.25, -0.2) is 0 Å². The Hall–Kier alpha value is -0.340. The maximum atomic E-state index is 9.38. The first kappa shape index (κ1) is 12.7. The van der Waals surface area contributed by atoms with Crippen molar-refractivity contribution >= 4 is 0 Å². The lowest BCUT2D eigenvalue weighted by Crippen LogP contribution is -2.35. The molecule has 0 bridgehead atoms. The van der Waals surface area contributed by atoms with Crippen LogP contribution in [0.2, 0.25) is 0 Å². The first-order valence-corrected chi connectivity index (χ1v) is 5.10. The van der Waals surface area contributed by atoms with Crippen LogP contribution in [0.4, 0.5) is 0 Å². The van der Waals surface area contributed by atoms with Crippen LogP contribution in [0.15, 0.2) is 12.7 Å². The highest BCUT2D eigenvalue weighted by Crippen LogP contribution is 2.00. The molecule has 0 unspecified atom stereocenters. The zero-order chi connectivity index (χ0) is 10.2. The number of allylic oxidation sites excluding steroid dienone is 1. The molecule has 2 N–H and O–H groups in total. The third-order valence-corrected chi connectivity index (χ3v) is 1.82. The van der Waals surface area contributed by atoms with Crippen molar-refractivity contribution in [1.29, 1.82) is 0 Å². The average Bonchev–Trinajstić information content (AvgIpc) is 2.01. The van der Waals surface area contributed by atoms with Crippen molar-refractivity contribution in [2.45, 2.75) is 45.1 Å². The van der Waals surface area contributed by atoms with E-state index in [9.17, 15) is 5.11 Å². The van der Waals surface area contributed by atoms with Crippen molar-refractivity contribution in [2.75, 3.05) is 13.1 Å². The van der Waals surface area contributed by atoms with Crippen molar-refractivity contribution in [1.82, 2.24) is 5.32 Å². The van der Waals surface area contributed by atoms with Gasteiger partial charge in [0.1, 0.15) is 0 Å². The Balaban J connectivity index is 3.04. The maximum absolute atomic E-state index is 9.38. The van der Waals surface area contributed by atoms with Crippen LogP contribution < -0.4 is 5.32 Å². The monoisotopic (exact) mass is 185 g/mol. The molecule has 78 valence electrons. The van der Waals surface area contributed by atoms with E-state index in [1.165, 1.54) is 19.3 Å². The Morgan fingerprint density at radius 2 is 2.00 bits per heavy atom. The van der Waals surface area contributed by atoms with Crippen molar-refractivity contribution in [3.05, 3.63) is 12.7 Å². The smallest absolute Gasteiger partial charge is 0.0715 e. The Morgan fingerprint density at radius 1 is 1.31 bits per heavy atom. The van der Waals surface area contributed by atoms with Crippen LogP contribution in [-0.2, 0) is 0 Å². The van der Waals surface area contributed by atoms with Crippen molar-refractivity contribution in [2.24, 2.45) is 0 Å². The number of nitrogens with one attached hydrogen (secondary N) is 1. The summed E-state index contributed by atoms with van der Waals surface area (Å²) in [5, 5.41) is 12.6. The molecule has 0 aromatic rings. The molecule has 0 aromatic carbocycles. The van der Waals surface area contributed by atoms with Gasteiger partial charge in [-0.1, -0.05) is 12.5 Å². The molecule has 0 aliphatic rings. The Labute approximate surface area is 82.0 Å². The first-order valence-electron chi connectivity index (χ1n) is 5.10. The highest BCUT2D eigenvalue weighted by molar-refractivity contribution is 4.68. The first-order chi connectivity index (χ1) is 6.06. The lowest BCUT2D eigenvalue weighted by Gasteiger charge is -2.17. The molecular formula is C11H23NO. The van der Waals surface area contributed by atoms with E-state index in [1.54, 1.807) is 0 Å². The standard InChI is InChI=1S/C11H23NO/c1-4-5-6-7-8-9-12-10-11(2,3)13/h4,12-13H,1,5-10H2,2-3H3. The third kappa shape index (κ3) is 11.7. The van der Waals surface area contributed by atoms with Crippen LogP contribution in [0, 0.1) is 0 Å². The van der Waals surface area contributed by atoms with Gasteiger partial charge in [-0.2, -0.15) is 0 Å². The van der Waals surface area contributed by atoms with Gasteiger partial charge in [0.2, 0.25) is 0 Å². The molecular weight excluding hydrogens is 162 g/mol. The third-order valence-electron chi connectivity index (χ3n) is 1.82. The van der Waals surface area contributed by atoms with Crippen LogP contribution >= 0.6 is 0 Å². The number of rotatable bonds is 8. The van der Waals surface area contributed by atoms with E-state index < -0.39 is 5.60 Å². The number of aliphatic hydroxyl groups is 1. The molecule has 0 aliphatic heterocycles. The lowest BCUT2D eigenvalue weighted by atomic mass is 10.1. The van der Waals surface area contributed by atoms with E-state index in [-0.39, 0.29) is 0 Å². The minimum absolute atomic E-state index is 0.582. The van der Waals surface area contributed by atoms with Gasteiger partial charge in [0, 0.05) is 6.54 Å². The van der Waals surface area contributed by atoms with E-state index in [0.29, 0.717) is 6.54 Å². The fourth-order valence-electron chi connectivity index (χ4n) is 1.11. The van der Waals surface area contributed by atoms with Crippen LogP contribution in [0.1, 0.15) is 39.5 Å². The Kier molecular flexibility index (Phi) is 6.92. The Bertz CT molecular complexity index is 127. The molecule has 0 aromatic heterocycles.